The Bertz CT molecular complexity index is 1320. The van der Waals surface area contributed by atoms with Crippen molar-refractivity contribution in [3.8, 4) is 0 Å². The Morgan fingerprint density at radius 1 is 1.03 bits per heavy atom. The van der Waals surface area contributed by atoms with E-state index >= 15 is 0 Å². The van der Waals surface area contributed by atoms with Gasteiger partial charge in [0.05, 0.1) is 16.5 Å². The van der Waals surface area contributed by atoms with Crippen molar-refractivity contribution in [2.75, 3.05) is 13.1 Å². The number of carbonyl (C=O) groups excluding carboxylic acids is 1. The molecule has 2 heterocycles. The highest BCUT2D eigenvalue weighted by atomic mass is 32.2. The molecule has 1 saturated heterocycles. The number of nitrogens with zero attached hydrogens (tertiary/aromatic N) is 2. The van der Waals surface area contributed by atoms with Gasteiger partial charge in [0.1, 0.15) is 4.90 Å². The topological polar surface area (TPSA) is 68.6 Å². The zero-order valence-corrected chi connectivity index (χ0v) is 19.1. The number of rotatable bonds is 4. The van der Waals surface area contributed by atoms with E-state index in [4.69, 9.17) is 4.84 Å². The first-order valence-electron chi connectivity index (χ1n) is 10.3. The van der Waals surface area contributed by atoms with E-state index < -0.39 is 32.1 Å². The van der Waals surface area contributed by atoms with Gasteiger partial charge >= 0.3 is 12.1 Å². The van der Waals surface area contributed by atoms with Crippen molar-refractivity contribution in [1.82, 2.24) is 9.04 Å². The fourth-order valence-corrected chi connectivity index (χ4v) is 5.18. The minimum absolute atomic E-state index is 0.0908. The van der Waals surface area contributed by atoms with Gasteiger partial charge < -0.3 is 4.84 Å². The number of fused-ring (bicyclic) bond motifs is 1. The number of aromatic nitrogens is 1. The van der Waals surface area contributed by atoms with Crippen LogP contribution in [0.15, 0.2) is 59.6 Å². The van der Waals surface area contributed by atoms with E-state index in [2.05, 4.69) is 0 Å². The lowest BCUT2D eigenvalue weighted by Crippen LogP contribution is -2.47. The summed E-state index contributed by atoms with van der Waals surface area (Å²) in [6.07, 6.45) is -3.54. The summed E-state index contributed by atoms with van der Waals surface area (Å²) < 4.78 is 67.2. The van der Waals surface area contributed by atoms with Crippen LogP contribution in [0.3, 0.4) is 0 Å². The van der Waals surface area contributed by atoms with Gasteiger partial charge in [-0.3, -0.25) is 0 Å². The van der Waals surface area contributed by atoms with Crippen LogP contribution in [0.4, 0.5) is 13.2 Å². The van der Waals surface area contributed by atoms with Gasteiger partial charge in [-0.05, 0) is 56.7 Å². The second-order valence-corrected chi connectivity index (χ2v) is 10.9. The Hall–Kier alpha value is -2.85. The fraction of sp³-hybridized carbons (Fsp3) is 0.348. The fourth-order valence-electron chi connectivity index (χ4n) is 3.61. The van der Waals surface area contributed by atoms with Crippen molar-refractivity contribution < 1.29 is 31.2 Å². The maximum absolute atomic E-state index is 13.4. The van der Waals surface area contributed by atoms with Gasteiger partial charge in [0.25, 0.3) is 10.0 Å². The molecule has 0 N–H and O–H groups in total. The Morgan fingerprint density at radius 3 is 2.33 bits per heavy atom. The van der Waals surface area contributed by atoms with Crippen molar-refractivity contribution in [3.05, 3.63) is 65.9 Å². The van der Waals surface area contributed by atoms with E-state index in [-0.39, 0.29) is 17.4 Å². The molecule has 1 aromatic heterocycles. The highest BCUT2D eigenvalue weighted by Crippen LogP contribution is 2.36. The molecule has 176 valence electrons. The zero-order chi connectivity index (χ0) is 24.2. The van der Waals surface area contributed by atoms with Gasteiger partial charge in [0.15, 0.2) is 0 Å². The normalized spacial score (nSPS) is 16.1. The van der Waals surface area contributed by atoms with E-state index in [0.717, 1.165) is 27.7 Å². The third-order valence-corrected chi connectivity index (χ3v) is 7.30. The third kappa shape index (κ3) is 4.37. The second-order valence-electron chi connectivity index (χ2n) is 9.10. The molecule has 0 unspecified atom stereocenters. The maximum atomic E-state index is 13.4. The molecule has 1 aliphatic rings. The van der Waals surface area contributed by atoms with Crippen LogP contribution in [0.1, 0.15) is 37.8 Å². The average molecular weight is 481 g/mol. The third-order valence-electron chi connectivity index (χ3n) is 5.55. The number of hydrogen-bond acceptors (Lipinski definition) is 5. The van der Waals surface area contributed by atoms with Crippen molar-refractivity contribution in [1.29, 1.82) is 0 Å². The van der Waals surface area contributed by atoms with Crippen molar-refractivity contribution in [3.63, 3.8) is 0 Å². The minimum Gasteiger partial charge on any atom is -0.367 e. The first-order chi connectivity index (χ1) is 15.3. The molecule has 3 aromatic rings. The number of alkyl halides is 3. The lowest BCUT2D eigenvalue weighted by Gasteiger charge is -2.38. The molecule has 33 heavy (non-hydrogen) atoms. The number of benzene rings is 2. The molecule has 10 heteroatoms. The second kappa shape index (κ2) is 7.88. The van der Waals surface area contributed by atoms with Crippen LogP contribution < -0.4 is 0 Å². The SMILES string of the molecule is CC(C)(C)C(=O)ON1CC(c2ccc3c(ccn3S(=O)(=O)c3ccccc3C(F)(F)F)c2)C1. The lowest BCUT2D eigenvalue weighted by atomic mass is 9.92. The Balaban J connectivity index is 1.58. The molecule has 2 aromatic carbocycles. The predicted molar refractivity (Wildman–Crippen MR) is 116 cm³/mol. The van der Waals surface area contributed by atoms with Crippen LogP contribution in [0.25, 0.3) is 10.9 Å². The van der Waals surface area contributed by atoms with Crippen LogP contribution in [-0.2, 0) is 25.8 Å². The molecule has 4 rings (SSSR count). The molecular formula is C23H23F3N2O4S. The first-order valence-corrected chi connectivity index (χ1v) is 11.7. The molecule has 0 spiro atoms. The Labute approximate surface area is 189 Å². The van der Waals surface area contributed by atoms with Gasteiger partial charge in [-0.25, -0.2) is 17.2 Å². The van der Waals surface area contributed by atoms with Gasteiger partial charge in [-0.15, -0.1) is 5.06 Å². The largest absolute Gasteiger partial charge is 0.417 e. The number of hydroxylamine groups is 2. The van der Waals surface area contributed by atoms with E-state index in [1.165, 1.54) is 12.3 Å². The summed E-state index contributed by atoms with van der Waals surface area (Å²) in [6, 6.07) is 10.8. The molecule has 0 aliphatic carbocycles. The standard InChI is InChI=1S/C23H23F3N2O4S/c1-22(2,3)21(29)32-27-13-17(14-27)15-8-9-19-16(12-15)10-11-28(19)33(30,31)20-7-5-4-6-18(20)23(24,25)26/h4-12,17H,13-14H2,1-3H3. The maximum Gasteiger partial charge on any atom is 0.417 e. The molecule has 0 saturated carbocycles. The molecule has 1 aliphatic heterocycles. The first kappa shape index (κ1) is 23.3. The smallest absolute Gasteiger partial charge is 0.367 e. The van der Waals surface area contributed by atoms with Gasteiger partial charge in [0, 0.05) is 30.6 Å². The number of hydrogen-bond donors (Lipinski definition) is 0. The van der Waals surface area contributed by atoms with Crippen LogP contribution in [-0.4, -0.2) is 36.5 Å². The van der Waals surface area contributed by atoms with Crippen LogP contribution in [0.2, 0.25) is 0 Å². The van der Waals surface area contributed by atoms with Gasteiger partial charge in [0.2, 0.25) is 0 Å². The monoisotopic (exact) mass is 480 g/mol. The summed E-state index contributed by atoms with van der Waals surface area (Å²) in [6.45, 7) is 6.32. The lowest BCUT2D eigenvalue weighted by molar-refractivity contribution is -0.220. The van der Waals surface area contributed by atoms with Crippen molar-refractivity contribution >= 4 is 26.9 Å². The molecular weight excluding hydrogens is 457 g/mol. The van der Waals surface area contributed by atoms with Crippen LogP contribution >= 0.6 is 0 Å². The molecule has 1 fully saturated rings. The highest BCUT2D eigenvalue weighted by Gasteiger charge is 2.38. The van der Waals surface area contributed by atoms with E-state index in [1.807, 2.05) is 6.07 Å². The summed E-state index contributed by atoms with van der Waals surface area (Å²) >= 11 is 0. The predicted octanol–water partition coefficient (Wildman–Crippen LogP) is 4.80. The number of halogens is 3. The van der Waals surface area contributed by atoms with Gasteiger partial charge in [-0.1, -0.05) is 18.2 Å². The average Bonchev–Trinajstić information content (AvgIpc) is 3.12. The van der Waals surface area contributed by atoms with E-state index in [9.17, 15) is 26.4 Å². The Morgan fingerprint density at radius 2 is 1.70 bits per heavy atom. The van der Waals surface area contributed by atoms with Crippen LogP contribution in [0.5, 0.6) is 0 Å². The minimum atomic E-state index is -4.80. The van der Waals surface area contributed by atoms with Crippen molar-refractivity contribution in [2.45, 2.75) is 37.8 Å². The molecule has 0 atom stereocenters. The summed E-state index contributed by atoms with van der Waals surface area (Å²) in [4.78, 5) is 16.5. The zero-order valence-electron chi connectivity index (χ0n) is 18.3. The van der Waals surface area contributed by atoms with Crippen LogP contribution in [0, 0.1) is 5.41 Å². The number of carbonyl (C=O) groups is 1. The van der Waals surface area contributed by atoms with E-state index in [0.29, 0.717) is 18.5 Å². The molecule has 0 amide bonds. The summed E-state index contributed by atoms with van der Waals surface area (Å²) in [7, 11) is -4.47. The Kier molecular flexibility index (Phi) is 5.57. The van der Waals surface area contributed by atoms with Crippen molar-refractivity contribution in [2.24, 2.45) is 5.41 Å². The van der Waals surface area contributed by atoms with Gasteiger partial charge in [-0.2, -0.15) is 13.2 Å². The summed E-state index contributed by atoms with van der Waals surface area (Å²) in [5, 5.41) is 2.16. The summed E-state index contributed by atoms with van der Waals surface area (Å²) in [5.41, 5.74) is -0.603. The van der Waals surface area contributed by atoms with E-state index in [1.54, 1.807) is 44.0 Å². The molecule has 0 radical (unpaired) electrons. The quantitative estimate of drug-likeness (QED) is 0.537. The molecule has 6 nitrogen and oxygen atoms in total. The summed E-state index contributed by atoms with van der Waals surface area (Å²) in [5.74, 6) is -0.231. The highest BCUT2D eigenvalue weighted by molar-refractivity contribution is 7.90. The molecule has 0 bridgehead atoms.